The number of aliphatic hydroxyl groups excluding tert-OH is 1. The lowest BCUT2D eigenvalue weighted by atomic mass is 9.67. The van der Waals surface area contributed by atoms with Crippen molar-refractivity contribution < 1.29 is 14.6 Å². The number of hydrogen-bond acceptors (Lipinski definition) is 3. The molecule has 1 aliphatic carbocycles. The lowest BCUT2D eigenvalue weighted by Gasteiger charge is -2.44. The standard InChI is InChI=1S/C45H88O3/c1-35(2)17-10-19-37(5)21-12-23-39(7)25-14-27-41(9)44-33-45(47-34-43(48-45)29-16-32-46)31-30-42(44)28-15-26-40(8)24-13-22-38(6)20-11-18-36(3)4/h35-44,46H,10-34H2,1-9H3. The Morgan fingerprint density at radius 2 is 1.02 bits per heavy atom. The molecule has 0 aromatic rings. The maximum atomic E-state index is 9.36. The molecular formula is C45H88O3. The topological polar surface area (TPSA) is 38.7 Å². The SMILES string of the molecule is CC(C)CCCC(C)CCCC(C)CCCC(C)C1CC2(CCC1CCCC(C)CCCC(C)CCCC(C)C)OCC(CCCO)O2. The van der Waals surface area contributed by atoms with E-state index in [1.54, 1.807) is 0 Å². The number of ether oxygens (including phenoxy) is 2. The Morgan fingerprint density at radius 1 is 0.562 bits per heavy atom. The van der Waals surface area contributed by atoms with Gasteiger partial charge in [-0.15, -0.1) is 0 Å². The molecule has 3 nitrogen and oxygen atoms in total. The van der Waals surface area contributed by atoms with Crippen molar-refractivity contribution in [3.8, 4) is 0 Å². The lowest BCUT2D eigenvalue weighted by molar-refractivity contribution is -0.209. The molecule has 9 atom stereocenters. The second kappa shape index (κ2) is 25.0. The molecule has 2 aliphatic rings. The highest BCUT2D eigenvalue weighted by molar-refractivity contribution is 4.92. The molecule has 0 aromatic heterocycles. The maximum absolute atomic E-state index is 9.36. The summed E-state index contributed by atoms with van der Waals surface area (Å²) in [5.74, 6) is 7.11. The first-order valence-corrected chi connectivity index (χ1v) is 21.9. The molecule has 9 unspecified atom stereocenters. The van der Waals surface area contributed by atoms with Gasteiger partial charge in [0, 0.05) is 19.4 Å². The van der Waals surface area contributed by atoms with Crippen LogP contribution in [0.1, 0.15) is 210 Å². The Kier molecular flexibility index (Phi) is 22.9. The summed E-state index contributed by atoms with van der Waals surface area (Å²) in [5.41, 5.74) is 0. The molecule has 0 radical (unpaired) electrons. The Morgan fingerprint density at radius 3 is 1.50 bits per heavy atom. The highest BCUT2D eigenvalue weighted by Gasteiger charge is 2.48. The number of rotatable bonds is 28. The molecule has 2 fully saturated rings. The summed E-state index contributed by atoms with van der Waals surface area (Å²) in [6.45, 7) is 22.9. The Hall–Kier alpha value is -0.120. The molecule has 1 heterocycles. The summed E-state index contributed by atoms with van der Waals surface area (Å²) < 4.78 is 13.2. The van der Waals surface area contributed by atoms with Crippen LogP contribution in [0.25, 0.3) is 0 Å². The minimum absolute atomic E-state index is 0.169. The molecule has 0 bridgehead atoms. The quantitative estimate of drug-likeness (QED) is 0.0896. The van der Waals surface area contributed by atoms with Gasteiger partial charge in [0.05, 0.1) is 12.7 Å². The Balaban J connectivity index is 1.79. The van der Waals surface area contributed by atoms with Gasteiger partial charge in [0.1, 0.15) is 0 Å². The normalized spacial score (nSPS) is 26.4. The third kappa shape index (κ3) is 18.9. The van der Waals surface area contributed by atoms with Gasteiger partial charge >= 0.3 is 0 Å². The zero-order valence-corrected chi connectivity index (χ0v) is 34.2. The predicted molar refractivity (Wildman–Crippen MR) is 209 cm³/mol. The summed E-state index contributed by atoms with van der Waals surface area (Å²) in [6.07, 6.45) is 30.5. The van der Waals surface area contributed by atoms with Crippen LogP contribution in [0.4, 0.5) is 0 Å². The number of hydrogen-bond donors (Lipinski definition) is 1. The van der Waals surface area contributed by atoms with Crippen LogP contribution in [0.5, 0.6) is 0 Å². The largest absolute Gasteiger partial charge is 0.396 e. The van der Waals surface area contributed by atoms with Gasteiger partial charge in [-0.3, -0.25) is 0 Å². The smallest absolute Gasteiger partial charge is 0.169 e. The molecule has 1 saturated heterocycles. The molecular weight excluding hydrogens is 588 g/mol. The van der Waals surface area contributed by atoms with Crippen molar-refractivity contribution in [3.05, 3.63) is 0 Å². The second-order valence-electron chi connectivity index (χ2n) is 18.8. The van der Waals surface area contributed by atoms with Crippen molar-refractivity contribution >= 4 is 0 Å². The van der Waals surface area contributed by atoms with Gasteiger partial charge in [-0.2, -0.15) is 0 Å². The van der Waals surface area contributed by atoms with Crippen molar-refractivity contribution in [2.24, 2.45) is 53.3 Å². The molecule has 0 aromatic carbocycles. The van der Waals surface area contributed by atoms with Crippen LogP contribution in [0.15, 0.2) is 0 Å². The average molecular weight is 677 g/mol. The second-order valence-corrected chi connectivity index (χ2v) is 18.8. The van der Waals surface area contributed by atoms with Gasteiger partial charge in [-0.05, 0) is 72.5 Å². The van der Waals surface area contributed by atoms with Gasteiger partial charge in [0.25, 0.3) is 0 Å². The van der Waals surface area contributed by atoms with Crippen molar-refractivity contribution in [2.45, 2.75) is 222 Å². The van der Waals surface area contributed by atoms with E-state index < -0.39 is 0 Å². The van der Waals surface area contributed by atoms with Gasteiger partial charge in [0.15, 0.2) is 5.79 Å². The van der Waals surface area contributed by atoms with E-state index in [0.717, 1.165) is 73.0 Å². The van der Waals surface area contributed by atoms with E-state index in [1.807, 2.05) is 0 Å². The molecule has 286 valence electrons. The lowest BCUT2D eigenvalue weighted by Crippen LogP contribution is -2.43. The maximum Gasteiger partial charge on any atom is 0.169 e. The van der Waals surface area contributed by atoms with E-state index in [1.165, 1.54) is 122 Å². The van der Waals surface area contributed by atoms with E-state index in [4.69, 9.17) is 9.47 Å². The fraction of sp³-hybridized carbons (Fsp3) is 1.00. The first-order valence-electron chi connectivity index (χ1n) is 21.9. The van der Waals surface area contributed by atoms with Crippen LogP contribution in [0.3, 0.4) is 0 Å². The van der Waals surface area contributed by atoms with Crippen LogP contribution < -0.4 is 0 Å². The zero-order valence-electron chi connectivity index (χ0n) is 34.2. The molecule has 1 spiro atoms. The summed E-state index contributed by atoms with van der Waals surface area (Å²) in [5, 5.41) is 9.36. The third-order valence-corrected chi connectivity index (χ3v) is 12.7. The molecule has 48 heavy (non-hydrogen) atoms. The fourth-order valence-electron chi connectivity index (χ4n) is 9.27. The zero-order chi connectivity index (χ0) is 35.4. The van der Waals surface area contributed by atoms with E-state index >= 15 is 0 Å². The van der Waals surface area contributed by atoms with Crippen LogP contribution >= 0.6 is 0 Å². The predicted octanol–water partition coefficient (Wildman–Crippen LogP) is 13.8. The van der Waals surface area contributed by atoms with Crippen molar-refractivity contribution in [2.75, 3.05) is 13.2 Å². The monoisotopic (exact) mass is 677 g/mol. The average Bonchev–Trinajstić information content (AvgIpc) is 3.42. The van der Waals surface area contributed by atoms with Gasteiger partial charge in [-0.1, -0.05) is 178 Å². The van der Waals surface area contributed by atoms with Crippen molar-refractivity contribution in [3.63, 3.8) is 0 Å². The van der Waals surface area contributed by atoms with E-state index in [-0.39, 0.29) is 18.5 Å². The fourth-order valence-corrected chi connectivity index (χ4v) is 9.27. The van der Waals surface area contributed by atoms with Crippen LogP contribution in [0.2, 0.25) is 0 Å². The number of aliphatic hydroxyl groups is 1. The van der Waals surface area contributed by atoms with Crippen molar-refractivity contribution in [1.29, 1.82) is 0 Å². The Bertz CT molecular complexity index is 765. The minimum atomic E-state index is -0.353. The molecule has 3 heteroatoms. The first-order chi connectivity index (χ1) is 22.9. The van der Waals surface area contributed by atoms with E-state index in [2.05, 4.69) is 62.3 Å². The summed E-state index contributed by atoms with van der Waals surface area (Å²) in [7, 11) is 0. The third-order valence-electron chi connectivity index (χ3n) is 12.7. The molecule has 0 amide bonds. The minimum Gasteiger partial charge on any atom is -0.396 e. The van der Waals surface area contributed by atoms with E-state index in [0.29, 0.717) is 12.5 Å². The van der Waals surface area contributed by atoms with Crippen LogP contribution in [-0.2, 0) is 9.47 Å². The Labute approximate surface area is 302 Å². The molecule has 1 aliphatic heterocycles. The van der Waals surface area contributed by atoms with Crippen LogP contribution in [-0.4, -0.2) is 30.2 Å². The highest BCUT2D eigenvalue weighted by Crippen LogP contribution is 2.48. The molecule has 1 saturated carbocycles. The van der Waals surface area contributed by atoms with Gasteiger partial charge < -0.3 is 14.6 Å². The van der Waals surface area contributed by atoms with Crippen molar-refractivity contribution in [1.82, 2.24) is 0 Å². The van der Waals surface area contributed by atoms with Gasteiger partial charge in [-0.25, -0.2) is 0 Å². The highest BCUT2D eigenvalue weighted by atomic mass is 16.7. The summed E-state index contributed by atoms with van der Waals surface area (Å²) >= 11 is 0. The summed E-state index contributed by atoms with van der Waals surface area (Å²) in [4.78, 5) is 0. The first kappa shape index (κ1) is 44.0. The van der Waals surface area contributed by atoms with Crippen LogP contribution in [0, 0.1) is 53.3 Å². The van der Waals surface area contributed by atoms with E-state index in [9.17, 15) is 5.11 Å². The summed E-state index contributed by atoms with van der Waals surface area (Å²) in [6, 6.07) is 0. The van der Waals surface area contributed by atoms with Gasteiger partial charge in [0.2, 0.25) is 0 Å². The molecule has 2 rings (SSSR count). The molecule has 1 N–H and O–H groups in total.